The van der Waals surface area contributed by atoms with Crippen LogP contribution in [0.5, 0.6) is 5.75 Å². The van der Waals surface area contributed by atoms with E-state index in [4.69, 9.17) is 9.47 Å². The van der Waals surface area contributed by atoms with E-state index in [2.05, 4.69) is 41.1 Å². The van der Waals surface area contributed by atoms with Crippen LogP contribution in [0, 0.1) is 12.3 Å². The Morgan fingerprint density at radius 1 is 0.970 bits per heavy atom. The molecule has 0 spiro atoms. The van der Waals surface area contributed by atoms with Gasteiger partial charge in [-0.2, -0.15) is 0 Å². The van der Waals surface area contributed by atoms with Crippen molar-refractivity contribution in [2.24, 2.45) is 5.41 Å². The van der Waals surface area contributed by atoms with E-state index in [0.717, 1.165) is 22.0 Å². The van der Waals surface area contributed by atoms with Gasteiger partial charge < -0.3 is 9.47 Å². The Morgan fingerprint density at radius 2 is 1.70 bits per heavy atom. The number of carbonyl (C=O) groups excluding carboxylic acids is 2. The van der Waals surface area contributed by atoms with E-state index in [1.807, 2.05) is 36.4 Å². The summed E-state index contributed by atoms with van der Waals surface area (Å²) >= 11 is 3.52. The molecule has 0 atom stereocenters. The Morgan fingerprint density at radius 3 is 2.36 bits per heavy atom. The van der Waals surface area contributed by atoms with Crippen LogP contribution in [0.2, 0.25) is 0 Å². The molecule has 0 fully saturated rings. The molecule has 0 aliphatic heterocycles. The molecule has 170 valence electrons. The van der Waals surface area contributed by atoms with Gasteiger partial charge in [0.2, 0.25) is 0 Å². The van der Waals surface area contributed by atoms with E-state index < -0.39 is 5.41 Å². The van der Waals surface area contributed by atoms with Crippen LogP contribution >= 0.6 is 15.9 Å². The molecule has 33 heavy (non-hydrogen) atoms. The molecule has 0 N–H and O–H groups in total. The van der Waals surface area contributed by atoms with Crippen molar-refractivity contribution in [2.75, 3.05) is 13.7 Å². The van der Waals surface area contributed by atoms with Gasteiger partial charge in [0.05, 0.1) is 23.6 Å². The van der Waals surface area contributed by atoms with Gasteiger partial charge in [-0.3, -0.25) is 9.59 Å². The lowest BCUT2D eigenvalue weighted by Crippen LogP contribution is -2.35. The van der Waals surface area contributed by atoms with Gasteiger partial charge in [0, 0.05) is 18.4 Å². The molecule has 0 saturated carbocycles. The second-order valence-electron chi connectivity index (χ2n) is 8.73. The van der Waals surface area contributed by atoms with E-state index in [1.165, 1.54) is 18.2 Å². The summed E-state index contributed by atoms with van der Waals surface area (Å²) < 4.78 is 11.9. The van der Waals surface area contributed by atoms with Gasteiger partial charge in [0.1, 0.15) is 5.75 Å². The van der Waals surface area contributed by atoms with Crippen molar-refractivity contribution in [3.8, 4) is 5.75 Å². The fraction of sp³-hybridized carbons (Fsp3) is 0.286. The number of ketones is 1. The van der Waals surface area contributed by atoms with Crippen LogP contribution in [0.4, 0.5) is 0 Å². The van der Waals surface area contributed by atoms with Crippen LogP contribution in [0.3, 0.4) is 0 Å². The Labute approximate surface area is 203 Å². The minimum atomic E-state index is -0.866. The topological polar surface area (TPSA) is 52.6 Å². The van der Waals surface area contributed by atoms with E-state index in [-0.39, 0.29) is 18.2 Å². The summed E-state index contributed by atoms with van der Waals surface area (Å²) in [5.74, 6) is 0.193. The standard InChI is InChI=1S/C28H27BrO4/c1-19-6-5-7-20(14-19)12-13-33-26-15-21(10-11-24(26)29)25(30)18-28(27(31)32-2)16-22-8-3-4-9-23(22)17-28/h3-11,14-15H,12-13,16-18H2,1-2H3. The normalized spacial score (nSPS) is 13.9. The van der Waals surface area contributed by atoms with Gasteiger partial charge in [-0.15, -0.1) is 0 Å². The highest BCUT2D eigenvalue weighted by Crippen LogP contribution is 2.42. The van der Waals surface area contributed by atoms with E-state index >= 15 is 0 Å². The zero-order valence-corrected chi connectivity index (χ0v) is 20.5. The summed E-state index contributed by atoms with van der Waals surface area (Å²) in [7, 11) is 1.39. The zero-order valence-electron chi connectivity index (χ0n) is 18.9. The summed E-state index contributed by atoms with van der Waals surface area (Å²) in [5, 5.41) is 0. The average Bonchev–Trinajstić information content (AvgIpc) is 3.19. The first-order valence-electron chi connectivity index (χ1n) is 11.1. The number of Topliss-reactive ketones (excluding diaryl/α,β-unsaturated/α-hetero) is 1. The number of halogens is 1. The monoisotopic (exact) mass is 506 g/mol. The number of fused-ring (bicyclic) bond motifs is 1. The first-order chi connectivity index (χ1) is 15.9. The van der Waals surface area contributed by atoms with Crippen molar-refractivity contribution in [3.63, 3.8) is 0 Å². The SMILES string of the molecule is COC(=O)C1(CC(=O)c2ccc(Br)c(OCCc3cccc(C)c3)c2)Cc2ccccc2C1. The number of aryl methyl sites for hydroxylation is 1. The van der Waals surface area contributed by atoms with Gasteiger partial charge >= 0.3 is 5.97 Å². The largest absolute Gasteiger partial charge is 0.492 e. The van der Waals surface area contributed by atoms with Crippen molar-refractivity contribution in [3.05, 3.63) is 99.0 Å². The molecule has 0 aromatic heterocycles. The highest BCUT2D eigenvalue weighted by atomic mass is 79.9. The van der Waals surface area contributed by atoms with Crippen molar-refractivity contribution >= 4 is 27.7 Å². The molecular formula is C28H27BrO4. The minimum absolute atomic E-state index is 0.0933. The van der Waals surface area contributed by atoms with Crippen molar-refractivity contribution in [1.82, 2.24) is 0 Å². The number of methoxy groups -OCH3 is 1. The molecule has 1 aliphatic rings. The maximum atomic E-state index is 13.3. The molecule has 0 saturated heterocycles. The molecule has 4 nitrogen and oxygen atoms in total. The van der Waals surface area contributed by atoms with Crippen LogP contribution < -0.4 is 4.74 Å². The fourth-order valence-corrected chi connectivity index (χ4v) is 4.96. The lowest BCUT2D eigenvalue weighted by Gasteiger charge is -2.25. The van der Waals surface area contributed by atoms with Crippen LogP contribution in [0.15, 0.2) is 71.2 Å². The lowest BCUT2D eigenvalue weighted by molar-refractivity contribution is -0.152. The van der Waals surface area contributed by atoms with Gasteiger partial charge in [0.15, 0.2) is 5.78 Å². The molecule has 0 heterocycles. The molecule has 1 aliphatic carbocycles. The van der Waals surface area contributed by atoms with Crippen LogP contribution in [-0.2, 0) is 28.8 Å². The number of carbonyl (C=O) groups is 2. The van der Waals surface area contributed by atoms with Crippen LogP contribution in [0.1, 0.15) is 39.0 Å². The summed E-state index contributed by atoms with van der Waals surface area (Å²) in [5.41, 5.74) is 4.30. The lowest BCUT2D eigenvalue weighted by atomic mass is 9.78. The summed E-state index contributed by atoms with van der Waals surface area (Å²) in [4.78, 5) is 26.1. The van der Waals surface area contributed by atoms with Crippen molar-refractivity contribution in [1.29, 1.82) is 0 Å². The minimum Gasteiger partial charge on any atom is -0.492 e. The Kier molecular flexibility index (Phi) is 6.99. The highest BCUT2D eigenvalue weighted by molar-refractivity contribution is 9.10. The summed E-state index contributed by atoms with van der Waals surface area (Å²) in [6.45, 7) is 2.57. The van der Waals surface area contributed by atoms with Crippen molar-refractivity contribution in [2.45, 2.75) is 32.6 Å². The first-order valence-corrected chi connectivity index (χ1v) is 11.9. The fourth-order valence-electron chi connectivity index (χ4n) is 4.60. The predicted molar refractivity (Wildman–Crippen MR) is 132 cm³/mol. The van der Waals surface area contributed by atoms with E-state index in [9.17, 15) is 9.59 Å². The number of hydrogen-bond acceptors (Lipinski definition) is 4. The molecule has 5 heteroatoms. The van der Waals surface area contributed by atoms with Gasteiger partial charge in [-0.25, -0.2) is 0 Å². The number of esters is 1. The van der Waals surface area contributed by atoms with Crippen LogP contribution in [0.25, 0.3) is 0 Å². The van der Waals surface area contributed by atoms with Gasteiger partial charge in [0.25, 0.3) is 0 Å². The number of benzene rings is 3. The summed E-state index contributed by atoms with van der Waals surface area (Å²) in [6, 6.07) is 21.6. The molecule has 0 bridgehead atoms. The third-order valence-electron chi connectivity index (χ3n) is 6.28. The summed E-state index contributed by atoms with van der Waals surface area (Å²) in [6.07, 6.45) is 1.89. The smallest absolute Gasteiger partial charge is 0.312 e. The molecule has 0 radical (unpaired) electrons. The van der Waals surface area contributed by atoms with Crippen LogP contribution in [-0.4, -0.2) is 25.5 Å². The third-order valence-corrected chi connectivity index (χ3v) is 6.93. The maximum Gasteiger partial charge on any atom is 0.312 e. The second kappa shape index (κ2) is 9.92. The number of hydrogen-bond donors (Lipinski definition) is 0. The molecular weight excluding hydrogens is 480 g/mol. The number of ether oxygens (including phenoxy) is 2. The highest BCUT2D eigenvalue weighted by Gasteiger charge is 2.46. The Bertz CT molecular complexity index is 1160. The Balaban J connectivity index is 1.48. The molecule has 4 rings (SSSR count). The van der Waals surface area contributed by atoms with E-state index in [1.54, 1.807) is 12.1 Å². The molecule has 3 aromatic rings. The van der Waals surface area contributed by atoms with Crippen molar-refractivity contribution < 1.29 is 19.1 Å². The molecule has 0 unspecified atom stereocenters. The third kappa shape index (κ3) is 5.19. The molecule has 3 aromatic carbocycles. The first kappa shape index (κ1) is 23.2. The molecule has 0 amide bonds. The second-order valence-corrected chi connectivity index (χ2v) is 9.58. The van der Waals surface area contributed by atoms with Gasteiger partial charge in [-0.05, 0) is 64.5 Å². The zero-order chi connectivity index (χ0) is 23.4. The number of rotatable bonds is 8. The Hall–Kier alpha value is -2.92. The predicted octanol–water partition coefficient (Wildman–Crippen LogP) is 5.91. The average molecular weight is 507 g/mol. The maximum absolute atomic E-state index is 13.3. The van der Waals surface area contributed by atoms with Gasteiger partial charge in [-0.1, -0.05) is 60.2 Å². The quantitative estimate of drug-likeness (QED) is 0.281. The van der Waals surface area contributed by atoms with E-state index in [0.29, 0.717) is 30.8 Å².